The Morgan fingerprint density at radius 3 is 2.50 bits per heavy atom. The van der Waals surface area contributed by atoms with Gasteiger partial charge in [-0.3, -0.25) is 0 Å². The van der Waals surface area contributed by atoms with Crippen molar-refractivity contribution in [1.82, 2.24) is 10.2 Å². The summed E-state index contributed by atoms with van der Waals surface area (Å²) in [6, 6.07) is 5.76. The van der Waals surface area contributed by atoms with Crippen LogP contribution in [0.4, 0.5) is 0 Å². The maximum Gasteiger partial charge on any atom is 0.0655 e. The summed E-state index contributed by atoms with van der Waals surface area (Å²) in [5.41, 5.74) is 0.398. The number of likely N-dealkylation sites (N-methyl/N-ethyl adjacent to an activating group) is 1. The first kappa shape index (κ1) is 17.9. The molecule has 2 N–H and O–H groups in total. The van der Waals surface area contributed by atoms with Crippen molar-refractivity contribution in [3.8, 4) is 0 Å². The Morgan fingerprint density at radius 2 is 2.00 bits per heavy atom. The molecule has 0 aromatic heterocycles. The van der Waals surface area contributed by atoms with E-state index in [0.717, 1.165) is 36.2 Å². The standard InChI is InChI=1S/C15H24BrClN2O/c1-4-19(5-2)9-8-18-15(3,11-20)13-7-6-12(16)10-14(13)17/h6-7,10,18,20H,4-5,8-9,11H2,1-3H3. The molecule has 0 fully saturated rings. The van der Waals surface area contributed by atoms with Gasteiger partial charge in [0.1, 0.15) is 0 Å². The molecule has 0 saturated carbocycles. The first-order chi connectivity index (χ1) is 9.46. The van der Waals surface area contributed by atoms with Gasteiger partial charge < -0.3 is 15.3 Å². The van der Waals surface area contributed by atoms with Crippen LogP contribution in [-0.4, -0.2) is 42.8 Å². The Kier molecular flexibility index (Phi) is 7.48. The van der Waals surface area contributed by atoms with Crippen LogP contribution in [0.25, 0.3) is 0 Å². The van der Waals surface area contributed by atoms with E-state index in [1.165, 1.54) is 0 Å². The Bertz CT molecular complexity index is 426. The van der Waals surface area contributed by atoms with E-state index in [4.69, 9.17) is 11.6 Å². The molecule has 0 spiro atoms. The molecule has 114 valence electrons. The summed E-state index contributed by atoms with van der Waals surface area (Å²) >= 11 is 9.70. The molecular weight excluding hydrogens is 340 g/mol. The largest absolute Gasteiger partial charge is 0.394 e. The van der Waals surface area contributed by atoms with Crippen LogP contribution < -0.4 is 5.32 Å². The van der Waals surface area contributed by atoms with E-state index in [1.54, 1.807) is 0 Å². The zero-order valence-corrected chi connectivity index (χ0v) is 14.8. The van der Waals surface area contributed by atoms with Crippen molar-refractivity contribution >= 4 is 27.5 Å². The molecule has 1 unspecified atom stereocenters. The Morgan fingerprint density at radius 1 is 1.35 bits per heavy atom. The van der Waals surface area contributed by atoms with Gasteiger partial charge in [0.25, 0.3) is 0 Å². The van der Waals surface area contributed by atoms with Crippen molar-refractivity contribution < 1.29 is 5.11 Å². The third-order valence-electron chi connectivity index (χ3n) is 3.68. The lowest BCUT2D eigenvalue weighted by molar-refractivity contribution is 0.168. The predicted octanol–water partition coefficient (Wildman–Crippen LogP) is 3.24. The number of aliphatic hydroxyl groups excluding tert-OH is 1. The summed E-state index contributed by atoms with van der Waals surface area (Å²) in [5, 5.41) is 13.9. The highest BCUT2D eigenvalue weighted by atomic mass is 79.9. The molecule has 0 aliphatic carbocycles. The van der Waals surface area contributed by atoms with Gasteiger partial charge in [0.2, 0.25) is 0 Å². The molecule has 1 rings (SSSR count). The molecule has 0 amide bonds. The minimum absolute atomic E-state index is 0.00655. The topological polar surface area (TPSA) is 35.5 Å². The highest BCUT2D eigenvalue weighted by molar-refractivity contribution is 9.10. The third-order valence-corrected chi connectivity index (χ3v) is 4.49. The van der Waals surface area contributed by atoms with Gasteiger partial charge in [0, 0.05) is 22.6 Å². The van der Waals surface area contributed by atoms with Gasteiger partial charge in [0.05, 0.1) is 12.1 Å². The fourth-order valence-electron chi connectivity index (χ4n) is 2.20. The van der Waals surface area contributed by atoms with Crippen LogP contribution in [0.3, 0.4) is 0 Å². The van der Waals surface area contributed by atoms with Crippen LogP contribution in [0.1, 0.15) is 26.3 Å². The molecule has 1 aromatic carbocycles. The number of rotatable bonds is 8. The van der Waals surface area contributed by atoms with E-state index in [9.17, 15) is 5.11 Å². The van der Waals surface area contributed by atoms with Gasteiger partial charge in [-0.2, -0.15) is 0 Å². The summed E-state index contributed by atoms with van der Waals surface area (Å²) < 4.78 is 0.940. The monoisotopic (exact) mass is 362 g/mol. The number of aliphatic hydroxyl groups is 1. The lowest BCUT2D eigenvalue weighted by Gasteiger charge is -2.31. The highest BCUT2D eigenvalue weighted by Gasteiger charge is 2.27. The van der Waals surface area contributed by atoms with Crippen LogP contribution in [0.2, 0.25) is 5.02 Å². The molecule has 0 aliphatic rings. The van der Waals surface area contributed by atoms with Gasteiger partial charge in [-0.25, -0.2) is 0 Å². The average Bonchev–Trinajstić information content (AvgIpc) is 2.43. The van der Waals surface area contributed by atoms with Crippen molar-refractivity contribution in [2.45, 2.75) is 26.3 Å². The van der Waals surface area contributed by atoms with Crippen LogP contribution in [0.5, 0.6) is 0 Å². The number of hydrogen-bond donors (Lipinski definition) is 2. The van der Waals surface area contributed by atoms with E-state index in [0.29, 0.717) is 5.02 Å². The molecule has 3 nitrogen and oxygen atoms in total. The number of hydrogen-bond acceptors (Lipinski definition) is 3. The molecule has 1 aromatic rings. The second-order valence-electron chi connectivity index (χ2n) is 5.07. The highest BCUT2D eigenvalue weighted by Crippen LogP contribution is 2.30. The summed E-state index contributed by atoms with van der Waals surface area (Å²) in [7, 11) is 0. The smallest absolute Gasteiger partial charge is 0.0655 e. The molecule has 0 heterocycles. The minimum atomic E-state index is -0.523. The van der Waals surface area contributed by atoms with E-state index in [-0.39, 0.29) is 6.61 Å². The molecule has 0 saturated heterocycles. The molecule has 0 radical (unpaired) electrons. The minimum Gasteiger partial charge on any atom is -0.394 e. The molecule has 20 heavy (non-hydrogen) atoms. The van der Waals surface area contributed by atoms with Crippen LogP contribution in [0, 0.1) is 0 Å². The SMILES string of the molecule is CCN(CC)CCNC(C)(CO)c1ccc(Br)cc1Cl. The summed E-state index contributed by atoms with van der Waals surface area (Å²) in [4.78, 5) is 2.34. The van der Waals surface area contributed by atoms with Gasteiger partial charge in [-0.1, -0.05) is 47.4 Å². The van der Waals surface area contributed by atoms with E-state index < -0.39 is 5.54 Å². The number of benzene rings is 1. The quantitative estimate of drug-likeness (QED) is 0.744. The molecular formula is C15H24BrClN2O. The molecule has 5 heteroatoms. The van der Waals surface area contributed by atoms with Crippen LogP contribution >= 0.6 is 27.5 Å². The average molecular weight is 364 g/mol. The fourth-order valence-corrected chi connectivity index (χ4v) is 3.08. The normalized spacial score (nSPS) is 14.6. The first-order valence-corrected chi connectivity index (χ1v) is 8.17. The second kappa shape index (κ2) is 8.35. The van der Waals surface area contributed by atoms with Crippen molar-refractivity contribution in [2.75, 3.05) is 32.8 Å². The maximum absolute atomic E-state index is 9.77. The Hall–Kier alpha value is -0.130. The molecule has 0 aliphatic heterocycles. The van der Waals surface area contributed by atoms with Gasteiger partial charge >= 0.3 is 0 Å². The second-order valence-corrected chi connectivity index (χ2v) is 6.39. The zero-order valence-electron chi connectivity index (χ0n) is 12.4. The number of nitrogens with one attached hydrogen (secondary N) is 1. The van der Waals surface area contributed by atoms with Crippen molar-refractivity contribution in [3.63, 3.8) is 0 Å². The lowest BCUT2D eigenvalue weighted by Crippen LogP contribution is -2.46. The van der Waals surface area contributed by atoms with E-state index >= 15 is 0 Å². The lowest BCUT2D eigenvalue weighted by atomic mass is 9.93. The van der Waals surface area contributed by atoms with Crippen molar-refractivity contribution in [1.29, 1.82) is 0 Å². The maximum atomic E-state index is 9.77. The van der Waals surface area contributed by atoms with E-state index in [2.05, 4.69) is 40.0 Å². The summed E-state index contributed by atoms with van der Waals surface area (Å²) in [6.45, 7) is 10.1. The van der Waals surface area contributed by atoms with E-state index in [1.807, 2.05) is 25.1 Å². The summed E-state index contributed by atoms with van der Waals surface area (Å²) in [6.07, 6.45) is 0. The summed E-state index contributed by atoms with van der Waals surface area (Å²) in [5.74, 6) is 0. The van der Waals surface area contributed by atoms with Crippen LogP contribution in [-0.2, 0) is 5.54 Å². The van der Waals surface area contributed by atoms with Gasteiger partial charge in [-0.05, 0) is 37.7 Å². The number of nitrogens with zero attached hydrogens (tertiary/aromatic N) is 1. The Balaban J connectivity index is 2.76. The molecule has 0 bridgehead atoms. The zero-order chi connectivity index (χ0) is 15.2. The fraction of sp³-hybridized carbons (Fsp3) is 0.600. The predicted molar refractivity (Wildman–Crippen MR) is 89.4 cm³/mol. The number of halogens is 2. The third kappa shape index (κ3) is 4.71. The van der Waals surface area contributed by atoms with Crippen LogP contribution in [0.15, 0.2) is 22.7 Å². The van der Waals surface area contributed by atoms with Crippen molar-refractivity contribution in [2.24, 2.45) is 0 Å². The Labute approximate surface area is 135 Å². The first-order valence-electron chi connectivity index (χ1n) is 7.00. The molecule has 1 atom stereocenters. The van der Waals surface area contributed by atoms with Crippen molar-refractivity contribution in [3.05, 3.63) is 33.3 Å². The van der Waals surface area contributed by atoms with Gasteiger partial charge in [-0.15, -0.1) is 0 Å². The van der Waals surface area contributed by atoms with Gasteiger partial charge in [0.15, 0.2) is 0 Å².